The molecule has 0 saturated heterocycles. The number of nitrogens with zero attached hydrogens (tertiary/aromatic N) is 1. The van der Waals surface area contributed by atoms with E-state index in [4.69, 9.17) is 46.4 Å². The second-order valence-corrected chi connectivity index (χ2v) is 6.14. The molecule has 20 heavy (non-hydrogen) atoms. The molecule has 7 heteroatoms. The molecule has 3 nitrogen and oxygen atoms in total. The zero-order valence-corrected chi connectivity index (χ0v) is 12.8. The fraction of sp³-hybridized carbons (Fsp3) is 0.0769. The van der Waals surface area contributed by atoms with Crippen molar-refractivity contribution in [3.8, 4) is 0 Å². The topological polar surface area (TPSA) is 43.1 Å². The molecular weight excluding hydrogens is 344 g/mol. The number of halogens is 4. The lowest BCUT2D eigenvalue weighted by Crippen LogP contribution is -2.15. The number of rotatable bonds is 3. The average Bonchev–Trinajstić information content (AvgIpc) is 2.38. The highest BCUT2D eigenvalue weighted by molar-refractivity contribution is 6.51. The van der Waals surface area contributed by atoms with Crippen LogP contribution in [-0.4, -0.2) is 4.92 Å². The average molecular weight is 351 g/mol. The highest BCUT2D eigenvalue weighted by atomic mass is 35.5. The van der Waals surface area contributed by atoms with Crippen molar-refractivity contribution in [2.75, 3.05) is 0 Å². The summed E-state index contributed by atoms with van der Waals surface area (Å²) in [6, 6.07) is 10.7. The monoisotopic (exact) mass is 349 g/mol. The van der Waals surface area contributed by atoms with Gasteiger partial charge in [-0.1, -0.05) is 64.6 Å². The summed E-state index contributed by atoms with van der Waals surface area (Å²) in [5.74, 6) is 0. The molecule has 0 aliphatic heterocycles. The fourth-order valence-corrected chi connectivity index (χ4v) is 2.97. The van der Waals surface area contributed by atoms with E-state index < -0.39 is 9.26 Å². The Hall–Kier alpha value is -1.00. The minimum Gasteiger partial charge on any atom is -0.258 e. The number of alkyl halides is 2. The third kappa shape index (κ3) is 2.86. The maximum atomic E-state index is 11.1. The molecule has 0 aliphatic rings. The van der Waals surface area contributed by atoms with Crippen LogP contribution in [0.1, 0.15) is 11.1 Å². The summed E-state index contributed by atoms with van der Waals surface area (Å²) in [7, 11) is 0. The number of nitro groups is 1. The Labute approximate surface area is 135 Å². The number of benzene rings is 2. The smallest absolute Gasteiger partial charge is 0.258 e. The molecule has 0 fully saturated rings. The van der Waals surface area contributed by atoms with Gasteiger partial charge in [-0.3, -0.25) is 10.1 Å². The first kappa shape index (κ1) is 15.4. The molecule has 0 N–H and O–H groups in total. The van der Waals surface area contributed by atoms with Gasteiger partial charge in [-0.05, 0) is 18.2 Å². The quantitative estimate of drug-likeness (QED) is 0.412. The molecule has 0 amide bonds. The van der Waals surface area contributed by atoms with Gasteiger partial charge in [-0.25, -0.2) is 0 Å². The Balaban J connectivity index is 2.66. The molecule has 0 bridgehead atoms. The molecular formula is C13H7Cl4NO2. The highest BCUT2D eigenvalue weighted by Crippen LogP contribution is 2.47. The molecule has 0 unspecified atom stereocenters. The van der Waals surface area contributed by atoms with Crippen LogP contribution in [0.3, 0.4) is 0 Å². The van der Waals surface area contributed by atoms with E-state index in [1.54, 1.807) is 24.3 Å². The normalized spacial score (nSPS) is 11.4. The fourth-order valence-electron chi connectivity index (χ4n) is 1.78. The van der Waals surface area contributed by atoms with Crippen LogP contribution in [0.2, 0.25) is 10.0 Å². The lowest BCUT2D eigenvalue weighted by molar-refractivity contribution is -0.385. The van der Waals surface area contributed by atoms with Crippen molar-refractivity contribution in [2.24, 2.45) is 0 Å². The Kier molecular flexibility index (Phi) is 4.45. The van der Waals surface area contributed by atoms with E-state index in [-0.39, 0.29) is 16.3 Å². The van der Waals surface area contributed by atoms with Crippen LogP contribution < -0.4 is 0 Å². The van der Waals surface area contributed by atoms with Gasteiger partial charge in [0.1, 0.15) is 0 Å². The van der Waals surface area contributed by atoms with Gasteiger partial charge >= 0.3 is 0 Å². The second kappa shape index (κ2) is 5.78. The molecule has 2 aromatic rings. The summed E-state index contributed by atoms with van der Waals surface area (Å²) >= 11 is 24.5. The Morgan fingerprint density at radius 2 is 1.65 bits per heavy atom. The van der Waals surface area contributed by atoms with E-state index in [0.29, 0.717) is 10.6 Å². The van der Waals surface area contributed by atoms with E-state index in [0.717, 1.165) is 0 Å². The van der Waals surface area contributed by atoms with Crippen LogP contribution in [-0.2, 0) is 4.33 Å². The minimum atomic E-state index is -1.65. The van der Waals surface area contributed by atoms with Crippen LogP contribution >= 0.6 is 46.4 Å². The van der Waals surface area contributed by atoms with E-state index in [1.165, 1.54) is 18.2 Å². The van der Waals surface area contributed by atoms with Crippen molar-refractivity contribution in [3.63, 3.8) is 0 Å². The van der Waals surface area contributed by atoms with Crippen molar-refractivity contribution in [2.45, 2.75) is 4.33 Å². The SMILES string of the molecule is O=[N+]([O-])c1cc(Cl)ccc1C(Cl)(Cl)c1ccccc1Cl. The first-order valence-corrected chi connectivity index (χ1v) is 6.92. The predicted octanol–water partition coefficient (Wildman–Crippen LogP) is 5.58. The molecule has 104 valence electrons. The van der Waals surface area contributed by atoms with Gasteiger partial charge in [0.15, 0.2) is 4.33 Å². The molecule has 0 radical (unpaired) electrons. The molecule has 0 heterocycles. The van der Waals surface area contributed by atoms with Gasteiger partial charge < -0.3 is 0 Å². The van der Waals surface area contributed by atoms with E-state index in [9.17, 15) is 10.1 Å². The van der Waals surface area contributed by atoms with Crippen LogP contribution in [0.4, 0.5) is 5.69 Å². The van der Waals surface area contributed by atoms with Crippen LogP contribution in [0.25, 0.3) is 0 Å². The third-order valence-electron chi connectivity index (χ3n) is 2.71. The molecule has 0 saturated carbocycles. The van der Waals surface area contributed by atoms with Gasteiger partial charge in [0.2, 0.25) is 0 Å². The van der Waals surface area contributed by atoms with Crippen LogP contribution in [0.5, 0.6) is 0 Å². The summed E-state index contributed by atoms with van der Waals surface area (Å²) in [5.41, 5.74) is 0.223. The van der Waals surface area contributed by atoms with E-state index in [1.807, 2.05) is 0 Å². The minimum absolute atomic E-state index is 0.114. The molecule has 0 spiro atoms. The molecule has 2 aromatic carbocycles. The lowest BCUT2D eigenvalue weighted by atomic mass is 10.0. The number of nitro benzene ring substituents is 1. The summed E-state index contributed by atoms with van der Waals surface area (Å²) in [6.07, 6.45) is 0. The predicted molar refractivity (Wildman–Crippen MR) is 82.0 cm³/mol. The van der Waals surface area contributed by atoms with E-state index in [2.05, 4.69) is 0 Å². The summed E-state index contributed by atoms with van der Waals surface area (Å²) in [5, 5.41) is 11.7. The molecule has 0 aliphatic carbocycles. The second-order valence-electron chi connectivity index (χ2n) is 3.97. The zero-order chi connectivity index (χ0) is 14.9. The van der Waals surface area contributed by atoms with Gasteiger partial charge in [-0.2, -0.15) is 0 Å². The zero-order valence-electron chi connectivity index (χ0n) is 9.82. The van der Waals surface area contributed by atoms with Gasteiger partial charge in [0.05, 0.1) is 10.5 Å². The van der Waals surface area contributed by atoms with Crippen molar-refractivity contribution >= 4 is 52.1 Å². The first-order chi connectivity index (χ1) is 9.34. The Morgan fingerprint density at radius 3 is 2.25 bits per heavy atom. The molecule has 0 aromatic heterocycles. The maximum absolute atomic E-state index is 11.1. The van der Waals surface area contributed by atoms with Crippen molar-refractivity contribution in [1.29, 1.82) is 0 Å². The largest absolute Gasteiger partial charge is 0.277 e. The van der Waals surface area contributed by atoms with Crippen LogP contribution in [0.15, 0.2) is 42.5 Å². The van der Waals surface area contributed by atoms with Gasteiger partial charge in [-0.15, -0.1) is 0 Å². The van der Waals surface area contributed by atoms with E-state index >= 15 is 0 Å². The lowest BCUT2D eigenvalue weighted by Gasteiger charge is -2.21. The number of hydrogen-bond donors (Lipinski definition) is 0. The van der Waals surface area contributed by atoms with Crippen molar-refractivity contribution in [1.82, 2.24) is 0 Å². The summed E-state index contributed by atoms with van der Waals surface area (Å²) in [6.45, 7) is 0. The van der Waals surface area contributed by atoms with Crippen molar-refractivity contribution in [3.05, 3.63) is 73.8 Å². The third-order valence-corrected chi connectivity index (χ3v) is 4.09. The standard InChI is InChI=1S/C13H7Cl4NO2/c14-8-5-6-10(12(7-8)18(19)20)13(16,17)9-3-1-2-4-11(9)15/h1-7H. The van der Waals surface area contributed by atoms with Gasteiger partial charge in [0.25, 0.3) is 5.69 Å². The van der Waals surface area contributed by atoms with Crippen molar-refractivity contribution < 1.29 is 4.92 Å². The Morgan fingerprint density at radius 1 is 1.00 bits per heavy atom. The number of hydrogen-bond acceptors (Lipinski definition) is 2. The molecule has 0 atom stereocenters. The first-order valence-electron chi connectivity index (χ1n) is 5.41. The van der Waals surface area contributed by atoms with Gasteiger partial charge in [0, 0.05) is 21.7 Å². The van der Waals surface area contributed by atoms with Crippen LogP contribution in [0, 0.1) is 10.1 Å². The maximum Gasteiger partial charge on any atom is 0.277 e. The molecule has 2 rings (SSSR count). The summed E-state index contributed by atoms with van der Waals surface area (Å²) < 4.78 is -1.65. The highest BCUT2D eigenvalue weighted by Gasteiger charge is 2.37. The summed E-state index contributed by atoms with van der Waals surface area (Å²) in [4.78, 5) is 10.5. The Bertz CT molecular complexity index is 673.